The van der Waals surface area contributed by atoms with Crippen molar-refractivity contribution in [2.75, 3.05) is 13.2 Å². The fourth-order valence-corrected chi connectivity index (χ4v) is 3.06. The first-order chi connectivity index (χ1) is 11.8. The van der Waals surface area contributed by atoms with Crippen molar-refractivity contribution >= 4 is 12.6 Å². The maximum atomic E-state index is 5.81. The minimum atomic E-state index is 0.349. The molecule has 3 heteroatoms. The van der Waals surface area contributed by atoms with Crippen molar-refractivity contribution in [1.82, 2.24) is 0 Å². The van der Waals surface area contributed by atoms with Crippen LogP contribution in [0.2, 0.25) is 0 Å². The van der Waals surface area contributed by atoms with E-state index in [9.17, 15) is 0 Å². The van der Waals surface area contributed by atoms with Gasteiger partial charge in [0.05, 0.1) is 13.2 Å². The molecule has 0 aliphatic carbocycles. The third kappa shape index (κ3) is 7.43. The topological polar surface area (TPSA) is 18.5 Å². The first-order valence-corrected chi connectivity index (χ1v) is 9.43. The first kappa shape index (κ1) is 19.7. The van der Waals surface area contributed by atoms with Gasteiger partial charge in [0.25, 0.3) is 0 Å². The minimum absolute atomic E-state index is 0.349. The van der Waals surface area contributed by atoms with Crippen LogP contribution in [0.3, 0.4) is 0 Å². The van der Waals surface area contributed by atoms with Gasteiger partial charge in [-0.2, -0.15) is 0 Å². The Bertz CT molecular complexity index is 627. The summed E-state index contributed by atoms with van der Waals surface area (Å²) in [6, 6.07) is 16.2. The lowest BCUT2D eigenvalue weighted by molar-refractivity contribution is 0.247. The summed E-state index contributed by atoms with van der Waals surface area (Å²) >= 11 is 4.26. The second-order valence-corrected chi connectivity index (χ2v) is 8.30. The molecule has 25 heavy (non-hydrogen) atoms. The monoisotopic (exact) mass is 358 g/mol. The Morgan fingerprint density at radius 3 is 1.80 bits per heavy atom. The van der Waals surface area contributed by atoms with Crippen LogP contribution in [0.5, 0.6) is 11.5 Å². The van der Waals surface area contributed by atoms with Crippen molar-refractivity contribution in [3.8, 4) is 11.5 Å². The minimum Gasteiger partial charge on any atom is -0.493 e. The van der Waals surface area contributed by atoms with Crippen molar-refractivity contribution in [2.45, 2.75) is 51.3 Å². The van der Waals surface area contributed by atoms with Crippen LogP contribution in [0.1, 0.15) is 52.0 Å². The van der Waals surface area contributed by atoms with Gasteiger partial charge in [0.15, 0.2) is 0 Å². The zero-order valence-corrected chi connectivity index (χ0v) is 16.7. The smallest absolute Gasteiger partial charge is 0.119 e. The molecule has 0 radical (unpaired) electrons. The number of hydrogen-bond donors (Lipinski definition) is 1. The summed E-state index contributed by atoms with van der Waals surface area (Å²) in [5.74, 6) is 2.35. The zero-order chi connectivity index (χ0) is 18.3. The van der Waals surface area contributed by atoms with Crippen molar-refractivity contribution in [3.05, 3.63) is 54.1 Å². The van der Waals surface area contributed by atoms with E-state index in [0.29, 0.717) is 24.5 Å². The molecule has 136 valence electrons. The van der Waals surface area contributed by atoms with Crippen molar-refractivity contribution in [1.29, 1.82) is 0 Å². The highest BCUT2D eigenvalue weighted by molar-refractivity contribution is 7.80. The molecule has 1 atom stereocenters. The molecule has 0 spiro atoms. The molecule has 0 amide bonds. The van der Waals surface area contributed by atoms with Crippen molar-refractivity contribution < 1.29 is 9.47 Å². The Balaban J connectivity index is 1.70. The normalized spacial score (nSPS) is 12.7. The highest BCUT2D eigenvalue weighted by atomic mass is 32.1. The molecular formula is C22H30O2S. The lowest BCUT2D eigenvalue weighted by atomic mass is 9.82. The second kappa shape index (κ2) is 9.19. The number of hydrogen-bond acceptors (Lipinski definition) is 3. The van der Waals surface area contributed by atoms with Gasteiger partial charge in [0, 0.05) is 11.3 Å². The molecule has 2 rings (SSSR count). The summed E-state index contributed by atoms with van der Waals surface area (Å²) < 4.78 is 11.5. The van der Waals surface area contributed by atoms with Crippen LogP contribution >= 0.6 is 12.6 Å². The van der Waals surface area contributed by atoms with Gasteiger partial charge in [-0.15, -0.1) is 12.6 Å². The van der Waals surface area contributed by atoms with E-state index < -0.39 is 0 Å². The van der Waals surface area contributed by atoms with E-state index in [-0.39, 0.29) is 0 Å². The van der Waals surface area contributed by atoms with Crippen LogP contribution in [0, 0.1) is 5.41 Å². The van der Waals surface area contributed by atoms with Gasteiger partial charge in [0.2, 0.25) is 0 Å². The molecule has 0 N–H and O–H groups in total. The van der Waals surface area contributed by atoms with Crippen LogP contribution in [0.4, 0.5) is 0 Å². The highest BCUT2D eigenvalue weighted by Gasteiger charge is 2.16. The second-order valence-electron chi connectivity index (χ2n) is 7.78. The predicted octanol–water partition coefficient (Wildman–Crippen LogP) is 6.36. The summed E-state index contributed by atoms with van der Waals surface area (Å²) in [6.45, 7) is 10.5. The van der Waals surface area contributed by atoms with E-state index in [1.807, 2.05) is 24.3 Å². The number of benzene rings is 2. The molecule has 0 aromatic heterocycles. The fraction of sp³-hybridized carbons (Fsp3) is 0.455. The Labute approximate surface area is 158 Å². The van der Waals surface area contributed by atoms with Crippen molar-refractivity contribution in [3.63, 3.8) is 0 Å². The standard InChI is InChI=1S/C22H30O2S/c1-17(16-22(2,3)4)18-6-8-19(9-7-18)23-14-5-15-24-20-10-12-21(25)13-11-20/h6-13,17,25H,5,14-16H2,1-4H3. The number of thiol groups is 1. The predicted molar refractivity (Wildman–Crippen MR) is 108 cm³/mol. The maximum Gasteiger partial charge on any atom is 0.119 e. The van der Waals surface area contributed by atoms with Gasteiger partial charge in [-0.25, -0.2) is 0 Å². The van der Waals surface area contributed by atoms with Crippen LogP contribution < -0.4 is 9.47 Å². The molecule has 1 unspecified atom stereocenters. The molecule has 0 saturated carbocycles. The van der Waals surface area contributed by atoms with Gasteiger partial charge < -0.3 is 9.47 Å². The lowest BCUT2D eigenvalue weighted by Gasteiger charge is -2.23. The van der Waals surface area contributed by atoms with Gasteiger partial charge in [-0.1, -0.05) is 39.8 Å². The van der Waals surface area contributed by atoms with Crippen molar-refractivity contribution in [2.24, 2.45) is 5.41 Å². The number of ether oxygens (including phenoxy) is 2. The van der Waals surface area contributed by atoms with Crippen LogP contribution in [0.25, 0.3) is 0 Å². The van der Waals surface area contributed by atoms with E-state index in [1.54, 1.807) is 0 Å². The summed E-state index contributed by atoms with van der Waals surface area (Å²) in [4.78, 5) is 0.941. The Morgan fingerprint density at radius 2 is 1.32 bits per heavy atom. The Kier molecular flexibility index (Phi) is 7.24. The van der Waals surface area contributed by atoms with E-state index in [1.165, 1.54) is 12.0 Å². The molecular weight excluding hydrogens is 328 g/mol. The molecule has 0 bridgehead atoms. The Hall–Kier alpha value is -1.61. The average Bonchev–Trinajstić information content (AvgIpc) is 2.55. The summed E-state index contributed by atoms with van der Waals surface area (Å²) in [7, 11) is 0. The van der Waals surface area contributed by atoms with Gasteiger partial charge >= 0.3 is 0 Å². The largest absolute Gasteiger partial charge is 0.493 e. The zero-order valence-electron chi connectivity index (χ0n) is 15.8. The van der Waals surface area contributed by atoms with Crippen LogP contribution in [0.15, 0.2) is 53.4 Å². The molecule has 2 aromatic carbocycles. The van der Waals surface area contributed by atoms with E-state index >= 15 is 0 Å². The summed E-state index contributed by atoms with van der Waals surface area (Å²) in [5.41, 5.74) is 1.72. The van der Waals surface area contributed by atoms with E-state index in [2.05, 4.69) is 64.6 Å². The van der Waals surface area contributed by atoms with Crippen LogP contribution in [-0.2, 0) is 0 Å². The van der Waals surface area contributed by atoms with E-state index in [4.69, 9.17) is 9.47 Å². The third-order valence-corrected chi connectivity index (χ3v) is 4.33. The summed E-state index contributed by atoms with van der Waals surface area (Å²) in [5, 5.41) is 0. The molecule has 0 aliphatic heterocycles. The number of rotatable bonds is 8. The molecule has 2 nitrogen and oxygen atoms in total. The third-order valence-electron chi connectivity index (χ3n) is 4.03. The lowest BCUT2D eigenvalue weighted by Crippen LogP contribution is -2.10. The Morgan fingerprint density at radius 1 is 0.840 bits per heavy atom. The van der Waals surface area contributed by atoms with Crippen LogP contribution in [-0.4, -0.2) is 13.2 Å². The van der Waals surface area contributed by atoms with Gasteiger partial charge in [-0.05, 0) is 59.7 Å². The fourth-order valence-electron chi connectivity index (χ4n) is 2.91. The maximum absolute atomic E-state index is 5.81. The van der Waals surface area contributed by atoms with E-state index in [0.717, 1.165) is 22.8 Å². The van der Waals surface area contributed by atoms with Gasteiger partial charge in [0.1, 0.15) is 11.5 Å². The first-order valence-electron chi connectivity index (χ1n) is 8.98. The summed E-state index contributed by atoms with van der Waals surface area (Å²) in [6.07, 6.45) is 2.03. The molecule has 2 aromatic rings. The highest BCUT2D eigenvalue weighted by Crippen LogP contribution is 2.31. The molecule has 0 saturated heterocycles. The molecule has 0 fully saturated rings. The molecule has 0 aliphatic rings. The average molecular weight is 359 g/mol. The SMILES string of the molecule is CC(CC(C)(C)C)c1ccc(OCCCOc2ccc(S)cc2)cc1. The van der Waals surface area contributed by atoms with Gasteiger partial charge in [-0.3, -0.25) is 0 Å². The quantitative estimate of drug-likeness (QED) is 0.437. The molecule has 0 heterocycles.